The van der Waals surface area contributed by atoms with Gasteiger partial charge in [-0.2, -0.15) is 0 Å². The number of para-hydroxylation sites is 1. The molecule has 2 aromatic carbocycles. The lowest BCUT2D eigenvalue weighted by molar-refractivity contribution is 0.0992. The van der Waals surface area contributed by atoms with Crippen molar-refractivity contribution in [1.29, 1.82) is 0 Å². The number of fused-ring (bicyclic) bond motifs is 1. The van der Waals surface area contributed by atoms with Crippen LogP contribution in [0.5, 0.6) is 5.75 Å². The van der Waals surface area contributed by atoms with Crippen LogP contribution in [0.3, 0.4) is 0 Å². The second-order valence-electron chi connectivity index (χ2n) is 4.75. The molecule has 5 nitrogen and oxygen atoms in total. The van der Waals surface area contributed by atoms with Crippen molar-refractivity contribution in [2.75, 3.05) is 7.11 Å². The second kappa shape index (κ2) is 5.28. The molecule has 106 valence electrons. The third kappa shape index (κ3) is 2.58. The summed E-state index contributed by atoms with van der Waals surface area (Å²) in [5.41, 5.74) is 2.44. The summed E-state index contributed by atoms with van der Waals surface area (Å²) in [5, 5.41) is 0. The van der Waals surface area contributed by atoms with Crippen LogP contribution >= 0.6 is 0 Å². The highest BCUT2D eigenvalue weighted by Gasteiger charge is 2.11. The molecule has 1 heterocycles. The van der Waals surface area contributed by atoms with Crippen molar-refractivity contribution in [3.63, 3.8) is 0 Å². The lowest BCUT2D eigenvalue weighted by Gasteiger charge is -2.07. The number of ketones is 1. The highest BCUT2D eigenvalue weighted by molar-refractivity contribution is 6.00. The van der Waals surface area contributed by atoms with Crippen LogP contribution in [0.1, 0.15) is 15.9 Å². The van der Waals surface area contributed by atoms with Crippen molar-refractivity contribution in [2.45, 2.75) is 6.42 Å². The molecule has 0 aliphatic heterocycles. The molecule has 0 saturated carbocycles. The summed E-state index contributed by atoms with van der Waals surface area (Å²) in [5.74, 6) is 0.672. The third-order valence-corrected chi connectivity index (χ3v) is 3.38. The molecule has 0 spiro atoms. The highest BCUT2D eigenvalue weighted by atomic mass is 16.5. The third-order valence-electron chi connectivity index (χ3n) is 3.38. The molecule has 5 heteroatoms. The number of benzene rings is 2. The van der Waals surface area contributed by atoms with Gasteiger partial charge in [0, 0.05) is 17.5 Å². The minimum absolute atomic E-state index is 0.0246. The largest absolute Gasteiger partial charge is 0.496 e. The Hall–Kier alpha value is -2.82. The van der Waals surface area contributed by atoms with E-state index in [9.17, 15) is 9.59 Å². The molecule has 21 heavy (non-hydrogen) atoms. The molecule has 0 aliphatic carbocycles. The van der Waals surface area contributed by atoms with E-state index in [1.165, 1.54) is 0 Å². The number of hydrogen-bond donors (Lipinski definition) is 2. The Morgan fingerprint density at radius 2 is 1.86 bits per heavy atom. The Labute approximate surface area is 120 Å². The number of nitrogens with one attached hydrogen (secondary N) is 2. The van der Waals surface area contributed by atoms with Gasteiger partial charge in [-0.1, -0.05) is 18.2 Å². The summed E-state index contributed by atoms with van der Waals surface area (Å²) in [7, 11) is 1.58. The van der Waals surface area contributed by atoms with Crippen LogP contribution in [0.4, 0.5) is 0 Å². The topological polar surface area (TPSA) is 75.0 Å². The minimum Gasteiger partial charge on any atom is -0.496 e. The molecule has 3 rings (SSSR count). The van der Waals surface area contributed by atoms with E-state index in [-0.39, 0.29) is 17.9 Å². The van der Waals surface area contributed by atoms with Crippen molar-refractivity contribution in [2.24, 2.45) is 0 Å². The summed E-state index contributed by atoms with van der Waals surface area (Å²) in [6.07, 6.45) is 0.254. The quantitative estimate of drug-likeness (QED) is 0.721. The van der Waals surface area contributed by atoms with Gasteiger partial charge in [-0.3, -0.25) is 4.79 Å². The molecule has 3 aromatic rings. The zero-order chi connectivity index (χ0) is 14.8. The molecular weight excluding hydrogens is 268 g/mol. The number of rotatable bonds is 4. The van der Waals surface area contributed by atoms with E-state index in [1.54, 1.807) is 25.3 Å². The van der Waals surface area contributed by atoms with Gasteiger partial charge in [-0.05, 0) is 24.3 Å². The lowest BCUT2D eigenvalue weighted by atomic mass is 10.0. The van der Waals surface area contributed by atoms with E-state index in [0.29, 0.717) is 22.3 Å². The van der Waals surface area contributed by atoms with Crippen LogP contribution in [-0.2, 0) is 6.42 Å². The van der Waals surface area contributed by atoms with Gasteiger partial charge in [-0.15, -0.1) is 0 Å². The Kier molecular flexibility index (Phi) is 3.31. The smallest absolute Gasteiger partial charge is 0.323 e. The first-order chi connectivity index (χ1) is 10.2. The van der Waals surface area contributed by atoms with Gasteiger partial charge in [0.25, 0.3) is 0 Å². The first kappa shape index (κ1) is 13.2. The summed E-state index contributed by atoms with van der Waals surface area (Å²) in [6.45, 7) is 0. The van der Waals surface area contributed by atoms with E-state index >= 15 is 0 Å². The number of carbonyl (C=O) groups is 1. The van der Waals surface area contributed by atoms with Crippen LogP contribution < -0.4 is 10.4 Å². The number of carbonyl (C=O) groups excluding carboxylic acids is 1. The van der Waals surface area contributed by atoms with Crippen LogP contribution in [-0.4, -0.2) is 22.9 Å². The van der Waals surface area contributed by atoms with E-state index in [2.05, 4.69) is 9.97 Å². The molecular formula is C16H14N2O3. The lowest BCUT2D eigenvalue weighted by Crippen LogP contribution is -2.05. The molecule has 0 aliphatic rings. The fourth-order valence-corrected chi connectivity index (χ4v) is 2.33. The van der Waals surface area contributed by atoms with Crippen LogP contribution in [0, 0.1) is 0 Å². The average Bonchev–Trinajstić information content (AvgIpc) is 2.86. The summed E-state index contributed by atoms with van der Waals surface area (Å²) < 4.78 is 5.25. The predicted octanol–water partition coefficient (Wildman–Crippen LogP) is 2.29. The number of ether oxygens (including phenoxy) is 1. The molecule has 0 fully saturated rings. The molecule has 0 saturated heterocycles. The van der Waals surface area contributed by atoms with Crippen LogP contribution in [0.25, 0.3) is 11.0 Å². The van der Waals surface area contributed by atoms with Gasteiger partial charge in [-0.25, -0.2) is 4.79 Å². The van der Waals surface area contributed by atoms with Gasteiger partial charge < -0.3 is 14.7 Å². The number of imidazole rings is 1. The Balaban J connectivity index is 1.91. The van der Waals surface area contributed by atoms with Crippen molar-refractivity contribution in [3.8, 4) is 5.75 Å². The van der Waals surface area contributed by atoms with Crippen LogP contribution in [0.15, 0.2) is 47.3 Å². The summed E-state index contributed by atoms with van der Waals surface area (Å²) in [6, 6.07) is 12.6. The van der Waals surface area contributed by atoms with E-state index in [1.807, 2.05) is 24.3 Å². The molecule has 0 bridgehead atoms. The molecule has 0 unspecified atom stereocenters. The van der Waals surface area contributed by atoms with Gasteiger partial charge >= 0.3 is 5.69 Å². The minimum atomic E-state index is -0.278. The van der Waals surface area contributed by atoms with E-state index < -0.39 is 0 Å². The average molecular weight is 282 g/mol. The fourth-order valence-electron chi connectivity index (χ4n) is 2.33. The highest BCUT2D eigenvalue weighted by Crippen LogP contribution is 2.20. The van der Waals surface area contributed by atoms with Gasteiger partial charge in [0.2, 0.25) is 0 Å². The van der Waals surface area contributed by atoms with E-state index in [0.717, 1.165) is 5.56 Å². The molecule has 0 amide bonds. The van der Waals surface area contributed by atoms with Gasteiger partial charge in [0.15, 0.2) is 5.78 Å². The monoisotopic (exact) mass is 282 g/mol. The number of methoxy groups -OCH3 is 1. The Morgan fingerprint density at radius 1 is 1.10 bits per heavy atom. The SMILES string of the molecule is COc1ccccc1CC(=O)c1ccc2[nH]c(=O)[nH]c2c1. The van der Waals surface area contributed by atoms with E-state index in [4.69, 9.17) is 4.74 Å². The normalized spacial score (nSPS) is 10.7. The first-order valence-electron chi connectivity index (χ1n) is 6.54. The van der Waals surface area contributed by atoms with Gasteiger partial charge in [0.05, 0.1) is 18.1 Å². The standard InChI is InChI=1S/C16H14N2O3/c1-21-15-5-3-2-4-11(15)9-14(19)10-6-7-12-13(8-10)18-16(20)17-12/h2-8H,9H2,1H3,(H2,17,18,20). The predicted molar refractivity (Wildman–Crippen MR) is 79.9 cm³/mol. The summed E-state index contributed by atoms with van der Waals surface area (Å²) >= 11 is 0. The molecule has 1 aromatic heterocycles. The second-order valence-corrected chi connectivity index (χ2v) is 4.75. The Bertz CT molecular complexity index is 861. The maximum absolute atomic E-state index is 12.4. The van der Waals surface area contributed by atoms with Gasteiger partial charge in [0.1, 0.15) is 5.75 Å². The fraction of sp³-hybridized carbons (Fsp3) is 0.125. The molecule has 2 N–H and O–H groups in total. The number of aromatic nitrogens is 2. The zero-order valence-corrected chi connectivity index (χ0v) is 11.5. The van der Waals surface area contributed by atoms with Crippen molar-refractivity contribution >= 4 is 16.8 Å². The van der Waals surface area contributed by atoms with Crippen molar-refractivity contribution in [1.82, 2.24) is 9.97 Å². The van der Waals surface area contributed by atoms with Crippen molar-refractivity contribution < 1.29 is 9.53 Å². The molecule has 0 radical (unpaired) electrons. The van der Waals surface area contributed by atoms with Crippen LogP contribution in [0.2, 0.25) is 0 Å². The number of aromatic amines is 2. The number of H-pyrrole nitrogens is 2. The summed E-state index contributed by atoms with van der Waals surface area (Å²) in [4.78, 5) is 28.9. The maximum atomic E-state index is 12.4. The molecule has 0 atom stereocenters. The zero-order valence-electron chi connectivity index (χ0n) is 11.5. The Morgan fingerprint density at radius 3 is 2.67 bits per heavy atom. The van der Waals surface area contributed by atoms with Crippen molar-refractivity contribution in [3.05, 3.63) is 64.1 Å². The maximum Gasteiger partial charge on any atom is 0.323 e. The number of Topliss-reactive ketones (excluding diaryl/α,β-unsaturated/α-hetero) is 1. The number of hydrogen-bond acceptors (Lipinski definition) is 3. The first-order valence-corrected chi connectivity index (χ1v) is 6.54.